The van der Waals surface area contributed by atoms with Crippen LogP contribution in [0.3, 0.4) is 0 Å². The first-order valence-corrected chi connectivity index (χ1v) is 13.2. The summed E-state index contributed by atoms with van der Waals surface area (Å²) < 4.78 is 0. The van der Waals surface area contributed by atoms with Gasteiger partial charge in [0.1, 0.15) is 0 Å². The van der Waals surface area contributed by atoms with Crippen LogP contribution < -0.4 is 10.9 Å². The third-order valence-corrected chi connectivity index (χ3v) is 7.62. The van der Waals surface area contributed by atoms with Crippen molar-refractivity contribution in [2.45, 2.75) is 66.0 Å². The van der Waals surface area contributed by atoms with Crippen molar-refractivity contribution in [1.29, 1.82) is 5.26 Å². The lowest BCUT2D eigenvalue weighted by molar-refractivity contribution is -0.134. The molecule has 1 aliphatic rings. The Morgan fingerprint density at radius 3 is 2.56 bits per heavy atom. The molecule has 0 aliphatic carbocycles. The lowest BCUT2D eigenvalue weighted by atomic mass is 9.84. The van der Waals surface area contributed by atoms with Crippen molar-refractivity contribution in [2.75, 3.05) is 6.54 Å². The van der Waals surface area contributed by atoms with Crippen LogP contribution in [-0.4, -0.2) is 39.5 Å². The number of benzene rings is 2. The first-order valence-electron chi connectivity index (χ1n) is 13.2. The largest absolute Gasteiger partial charge is 0.343 e. The Morgan fingerprint density at radius 2 is 1.87 bits per heavy atom. The van der Waals surface area contributed by atoms with Gasteiger partial charge in [-0.2, -0.15) is 10.4 Å². The molecule has 0 bridgehead atoms. The summed E-state index contributed by atoms with van der Waals surface area (Å²) in [4.78, 5) is 40.5. The topological polar surface area (TPSA) is 119 Å². The highest BCUT2D eigenvalue weighted by atomic mass is 16.2. The van der Waals surface area contributed by atoms with Gasteiger partial charge < -0.3 is 10.2 Å². The molecule has 1 aliphatic heterocycles. The van der Waals surface area contributed by atoms with E-state index in [1.807, 2.05) is 58.9 Å². The highest BCUT2D eigenvalue weighted by Gasteiger charge is 2.45. The van der Waals surface area contributed by atoms with Gasteiger partial charge in [0, 0.05) is 17.5 Å². The minimum atomic E-state index is -0.722. The molecule has 4 rings (SSSR count). The van der Waals surface area contributed by atoms with Crippen molar-refractivity contribution in [3.8, 4) is 6.07 Å². The molecule has 2 N–H and O–H groups in total. The van der Waals surface area contributed by atoms with Crippen molar-refractivity contribution in [3.05, 3.63) is 98.0 Å². The molecule has 202 valence electrons. The number of hydrogen-bond donors (Lipinski definition) is 2. The molecule has 8 heteroatoms. The zero-order valence-corrected chi connectivity index (χ0v) is 23.2. The van der Waals surface area contributed by atoms with E-state index in [9.17, 15) is 19.6 Å². The number of H-pyrrole nitrogens is 1. The van der Waals surface area contributed by atoms with Gasteiger partial charge in [-0.1, -0.05) is 35.9 Å². The van der Waals surface area contributed by atoms with Crippen molar-refractivity contribution < 1.29 is 9.59 Å². The Hall–Kier alpha value is -4.25. The summed E-state index contributed by atoms with van der Waals surface area (Å²) in [5.74, 6) is -0.556. The number of nitriles is 1. The monoisotopic (exact) mass is 525 g/mol. The molecule has 1 unspecified atom stereocenters. The summed E-state index contributed by atoms with van der Waals surface area (Å²) in [6.07, 6.45) is 1.91. The Balaban J connectivity index is 1.49. The molecule has 0 spiro atoms. The molecule has 2 aromatic carbocycles. The van der Waals surface area contributed by atoms with Gasteiger partial charge in [-0.3, -0.25) is 14.4 Å². The Morgan fingerprint density at radius 1 is 1.10 bits per heavy atom. The summed E-state index contributed by atoms with van der Waals surface area (Å²) in [7, 11) is 0. The minimum absolute atomic E-state index is 0.145. The average Bonchev–Trinajstić information content (AvgIpc) is 3.37. The Bertz CT molecular complexity index is 1500. The number of rotatable bonds is 7. The standard InChI is InChI=1S/C31H35N5O3/c1-19-7-6-8-23(13-19)26-11-12-27(31(4,5)18-32)36(26)28(37)17-33-29(38)24-10-9-22(20(2)14-24)16-25-15-21(3)34-35-30(25)39/h6-10,13-15,26-27H,11-12,16-17H2,1-5H3,(H,33,38)(H,35,39)/t26-,27?/m0/s1. The number of nitrogens with one attached hydrogen (secondary N) is 2. The predicted octanol–water partition coefficient (Wildman–Crippen LogP) is 4.30. The van der Waals surface area contributed by atoms with Crippen molar-refractivity contribution in [1.82, 2.24) is 20.4 Å². The highest BCUT2D eigenvalue weighted by molar-refractivity contribution is 5.96. The molecular weight excluding hydrogens is 490 g/mol. The molecule has 1 aromatic heterocycles. The SMILES string of the molecule is Cc1cccc([C@@H]2CCC(C(C)(C)C#N)N2C(=O)CNC(=O)c2ccc(Cc3cc(C)n[nH]c3=O)c(C)c2)c1. The van der Waals surface area contributed by atoms with E-state index in [0.717, 1.165) is 40.8 Å². The smallest absolute Gasteiger partial charge is 0.267 e. The van der Waals surface area contributed by atoms with Gasteiger partial charge in [0.25, 0.3) is 11.5 Å². The Labute approximate surface area is 229 Å². The van der Waals surface area contributed by atoms with Crippen LogP contribution in [0, 0.1) is 37.5 Å². The van der Waals surface area contributed by atoms with Crippen molar-refractivity contribution in [2.24, 2.45) is 5.41 Å². The van der Waals surface area contributed by atoms with Gasteiger partial charge in [0.2, 0.25) is 5.91 Å². The van der Waals surface area contributed by atoms with Gasteiger partial charge in [-0.25, -0.2) is 5.10 Å². The zero-order valence-electron chi connectivity index (χ0n) is 23.2. The summed E-state index contributed by atoms with van der Waals surface area (Å²) in [5.41, 5.74) is 4.77. The molecule has 1 fully saturated rings. The number of amides is 2. The van der Waals surface area contributed by atoms with Gasteiger partial charge in [0.05, 0.1) is 35.8 Å². The number of carbonyl (C=O) groups excluding carboxylic acids is 2. The average molecular weight is 526 g/mol. The molecule has 39 heavy (non-hydrogen) atoms. The van der Waals surface area contributed by atoms with E-state index in [2.05, 4.69) is 27.6 Å². The van der Waals surface area contributed by atoms with Gasteiger partial charge >= 0.3 is 0 Å². The van der Waals surface area contributed by atoms with E-state index in [1.54, 1.807) is 23.1 Å². The van der Waals surface area contributed by atoms with E-state index >= 15 is 0 Å². The van der Waals surface area contributed by atoms with E-state index in [4.69, 9.17) is 0 Å². The second kappa shape index (κ2) is 11.2. The van der Waals surface area contributed by atoms with E-state index in [1.165, 1.54) is 0 Å². The number of likely N-dealkylation sites (tertiary alicyclic amines) is 1. The molecule has 2 amide bonds. The summed E-state index contributed by atoms with van der Waals surface area (Å²) in [6.45, 7) is 9.29. The summed E-state index contributed by atoms with van der Waals surface area (Å²) >= 11 is 0. The predicted molar refractivity (Wildman–Crippen MR) is 149 cm³/mol. The van der Waals surface area contributed by atoms with Crippen molar-refractivity contribution >= 4 is 11.8 Å². The van der Waals surface area contributed by atoms with E-state index in [-0.39, 0.29) is 36.0 Å². The molecule has 0 radical (unpaired) electrons. The summed E-state index contributed by atoms with van der Waals surface area (Å²) in [6, 6.07) is 17.1. The second-order valence-electron chi connectivity index (χ2n) is 11.0. The third-order valence-electron chi connectivity index (χ3n) is 7.62. The molecule has 2 atom stereocenters. The zero-order chi connectivity index (χ0) is 28.3. The van der Waals surface area contributed by atoms with Crippen LogP contribution >= 0.6 is 0 Å². The highest BCUT2D eigenvalue weighted by Crippen LogP contribution is 2.43. The number of aryl methyl sites for hydroxylation is 3. The number of hydrogen-bond acceptors (Lipinski definition) is 5. The first-order chi connectivity index (χ1) is 18.5. The maximum atomic E-state index is 13.6. The molecule has 3 aromatic rings. The quantitative estimate of drug-likeness (QED) is 0.477. The fourth-order valence-corrected chi connectivity index (χ4v) is 5.43. The van der Waals surface area contributed by atoms with Crippen LogP contribution in [0.1, 0.15) is 76.6 Å². The normalized spacial score (nSPS) is 17.1. The minimum Gasteiger partial charge on any atom is -0.343 e. The van der Waals surface area contributed by atoms with Gasteiger partial charge in [-0.05, 0) is 82.3 Å². The van der Waals surface area contributed by atoms with Crippen LogP contribution in [-0.2, 0) is 11.2 Å². The van der Waals surface area contributed by atoms with Gasteiger partial charge in [0.15, 0.2) is 0 Å². The number of aromatic amines is 1. The van der Waals surface area contributed by atoms with E-state index < -0.39 is 5.41 Å². The number of aromatic nitrogens is 2. The van der Waals surface area contributed by atoms with Crippen LogP contribution in [0.15, 0.2) is 53.3 Å². The van der Waals surface area contributed by atoms with Crippen LogP contribution in [0.5, 0.6) is 0 Å². The van der Waals surface area contributed by atoms with Crippen LogP contribution in [0.4, 0.5) is 0 Å². The molecule has 0 saturated carbocycles. The first kappa shape index (κ1) is 27.8. The molecular formula is C31H35N5O3. The van der Waals surface area contributed by atoms with Crippen LogP contribution in [0.2, 0.25) is 0 Å². The summed E-state index contributed by atoms with van der Waals surface area (Å²) in [5, 5.41) is 19.0. The van der Waals surface area contributed by atoms with Crippen molar-refractivity contribution in [3.63, 3.8) is 0 Å². The fraction of sp³-hybridized carbons (Fsp3) is 0.387. The second-order valence-corrected chi connectivity index (χ2v) is 11.0. The molecule has 2 heterocycles. The fourth-order valence-electron chi connectivity index (χ4n) is 5.43. The molecule has 1 saturated heterocycles. The maximum absolute atomic E-state index is 13.6. The van der Waals surface area contributed by atoms with Crippen LogP contribution in [0.25, 0.3) is 0 Å². The lowest BCUT2D eigenvalue weighted by Gasteiger charge is -2.36. The maximum Gasteiger partial charge on any atom is 0.267 e. The Kier molecular flexibility index (Phi) is 8.01. The van der Waals surface area contributed by atoms with Gasteiger partial charge in [-0.15, -0.1) is 0 Å². The molecule has 8 nitrogen and oxygen atoms in total. The third kappa shape index (κ3) is 6.09. The lowest BCUT2D eigenvalue weighted by Crippen LogP contribution is -2.48. The number of nitrogens with zero attached hydrogens (tertiary/aromatic N) is 3. The van der Waals surface area contributed by atoms with E-state index in [0.29, 0.717) is 17.5 Å². The number of carbonyl (C=O) groups is 2.